The summed E-state index contributed by atoms with van der Waals surface area (Å²) in [5.41, 5.74) is 2.96. The number of halogens is 1. The van der Waals surface area contributed by atoms with Crippen LogP contribution >= 0.6 is 0 Å². The Bertz CT molecular complexity index is 1460. The number of fused-ring (bicyclic) bond motifs is 1. The van der Waals surface area contributed by atoms with Crippen molar-refractivity contribution in [2.75, 3.05) is 6.61 Å². The van der Waals surface area contributed by atoms with E-state index in [1.165, 1.54) is 21.3 Å². The highest BCUT2D eigenvalue weighted by Crippen LogP contribution is 2.25. The molecule has 8 heteroatoms. The average molecular weight is 466 g/mol. The van der Waals surface area contributed by atoms with Crippen LogP contribution in [0.3, 0.4) is 0 Å². The van der Waals surface area contributed by atoms with Gasteiger partial charge in [0, 0.05) is 18.7 Å². The molecular formula is C26H30FN4O3+. The summed E-state index contributed by atoms with van der Waals surface area (Å²) in [5, 5.41) is 9.27. The van der Waals surface area contributed by atoms with Gasteiger partial charge in [-0.05, 0) is 47.7 Å². The van der Waals surface area contributed by atoms with E-state index in [-0.39, 0.29) is 19.0 Å². The van der Waals surface area contributed by atoms with E-state index >= 15 is 0 Å². The van der Waals surface area contributed by atoms with Gasteiger partial charge in [0.2, 0.25) is 11.3 Å². The lowest BCUT2D eigenvalue weighted by atomic mass is 10.0. The summed E-state index contributed by atoms with van der Waals surface area (Å²) < 4.78 is 20.0. The fourth-order valence-electron chi connectivity index (χ4n) is 4.49. The van der Waals surface area contributed by atoms with Crippen LogP contribution in [-0.2, 0) is 27.2 Å². The number of aliphatic hydroxyl groups is 1. The maximum Gasteiger partial charge on any atom is 0.389 e. The molecule has 0 aliphatic heterocycles. The maximum atomic E-state index is 13.6. The van der Waals surface area contributed by atoms with Crippen LogP contribution in [0.25, 0.3) is 22.6 Å². The Labute approximate surface area is 197 Å². The quantitative estimate of drug-likeness (QED) is 0.427. The molecular weight excluding hydrogens is 435 g/mol. The molecule has 7 nitrogen and oxygen atoms in total. The SMILES string of the molecule is CC(C)c1cccc(-c2n(Cc3ccc(F)cc3)c3c(=O)n(CCCO)c(=O)n(C)c3[n+]2C)c1. The number of aryl methyl sites for hydroxylation is 2. The van der Waals surface area contributed by atoms with Gasteiger partial charge in [-0.25, -0.2) is 27.5 Å². The Kier molecular flexibility index (Phi) is 6.52. The standard InChI is InChI=1S/C26H30FN4O3/c1-17(2)19-7-5-8-20(15-19)23-28(3)24-22(31(23)16-18-9-11-21(27)12-10-18)25(33)30(13-6-14-32)26(34)29(24)4/h5,7-12,15,17,32H,6,13-14,16H2,1-4H3/q+1. The largest absolute Gasteiger partial charge is 0.396 e. The number of benzene rings is 2. The van der Waals surface area contributed by atoms with Gasteiger partial charge < -0.3 is 5.11 Å². The molecule has 0 atom stereocenters. The maximum absolute atomic E-state index is 13.6. The van der Waals surface area contributed by atoms with Crippen LogP contribution < -0.4 is 15.8 Å². The smallest absolute Gasteiger partial charge is 0.389 e. The molecule has 0 aliphatic carbocycles. The summed E-state index contributed by atoms with van der Waals surface area (Å²) in [6.45, 7) is 4.58. The zero-order valence-corrected chi connectivity index (χ0v) is 20.0. The topological polar surface area (TPSA) is 73.0 Å². The number of nitrogens with zero attached hydrogens (tertiary/aromatic N) is 4. The predicted octanol–water partition coefficient (Wildman–Crippen LogP) is 2.69. The number of aromatic nitrogens is 4. The molecule has 0 amide bonds. The van der Waals surface area contributed by atoms with Crippen molar-refractivity contribution in [2.24, 2.45) is 14.1 Å². The Hall–Kier alpha value is -3.52. The number of hydrogen-bond acceptors (Lipinski definition) is 3. The molecule has 1 N–H and O–H groups in total. The Morgan fingerprint density at radius 1 is 1.06 bits per heavy atom. The van der Waals surface area contributed by atoms with Gasteiger partial charge in [-0.3, -0.25) is 4.79 Å². The molecule has 2 heterocycles. The molecule has 0 bridgehead atoms. The zero-order valence-electron chi connectivity index (χ0n) is 20.0. The normalized spacial score (nSPS) is 11.6. The van der Waals surface area contributed by atoms with Crippen LogP contribution in [0.5, 0.6) is 0 Å². The summed E-state index contributed by atoms with van der Waals surface area (Å²) in [6, 6.07) is 14.3. The van der Waals surface area contributed by atoms with Gasteiger partial charge in [-0.15, -0.1) is 0 Å². The number of hydrogen-bond donors (Lipinski definition) is 1. The summed E-state index contributed by atoms with van der Waals surface area (Å²) in [4.78, 5) is 26.7. The molecule has 178 valence electrons. The fraction of sp³-hybridized carbons (Fsp3) is 0.346. The minimum absolute atomic E-state index is 0.120. The van der Waals surface area contributed by atoms with Crippen LogP contribution in [0.4, 0.5) is 4.39 Å². The van der Waals surface area contributed by atoms with E-state index < -0.39 is 11.2 Å². The van der Waals surface area contributed by atoms with Crippen molar-refractivity contribution in [1.82, 2.24) is 13.7 Å². The molecule has 0 saturated carbocycles. The van der Waals surface area contributed by atoms with Gasteiger partial charge in [-0.1, -0.05) is 38.1 Å². The van der Waals surface area contributed by atoms with Gasteiger partial charge in [0.1, 0.15) is 5.82 Å². The Morgan fingerprint density at radius 3 is 2.41 bits per heavy atom. The molecule has 0 unspecified atom stereocenters. The van der Waals surface area contributed by atoms with Crippen molar-refractivity contribution in [3.63, 3.8) is 0 Å². The first kappa shape index (κ1) is 23.6. The third-order valence-electron chi connectivity index (χ3n) is 6.26. The van der Waals surface area contributed by atoms with Crippen LogP contribution in [0.1, 0.15) is 37.3 Å². The van der Waals surface area contributed by atoms with Gasteiger partial charge in [0.15, 0.2) is 0 Å². The van der Waals surface area contributed by atoms with Crippen molar-refractivity contribution in [1.29, 1.82) is 0 Å². The first-order valence-electron chi connectivity index (χ1n) is 11.4. The Morgan fingerprint density at radius 2 is 1.76 bits per heavy atom. The third kappa shape index (κ3) is 4.09. The number of rotatable bonds is 7. The molecule has 0 aliphatic rings. The van der Waals surface area contributed by atoms with Gasteiger partial charge in [-0.2, -0.15) is 0 Å². The van der Waals surface area contributed by atoms with E-state index in [1.54, 1.807) is 19.2 Å². The monoisotopic (exact) mass is 465 g/mol. The summed E-state index contributed by atoms with van der Waals surface area (Å²) in [5.74, 6) is 0.763. The second kappa shape index (κ2) is 9.38. The van der Waals surface area contributed by atoms with Gasteiger partial charge >= 0.3 is 11.2 Å². The first-order chi connectivity index (χ1) is 16.2. The number of aliphatic hydroxyl groups excluding tert-OH is 1. The third-order valence-corrected chi connectivity index (χ3v) is 6.26. The van der Waals surface area contributed by atoms with Crippen molar-refractivity contribution in [2.45, 2.75) is 39.3 Å². The minimum Gasteiger partial charge on any atom is -0.396 e. The molecule has 0 spiro atoms. The second-order valence-corrected chi connectivity index (χ2v) is 8.92. The van der Waals surface area contributed by atoms with E-state index in [1.807, 2.05) is 28.3 Å². The lowest BCUT2D eigenvalue weighted by Gasteiger charge is -2.10. The van der Waals surface area contributed by atoms with Crippen LogP contribution in [-0.4, -0.2) is 25.4 Å². The molecule has 0 saturated heterocycles. The van der Waals surface area contributed by atoms with E-state index in [2.05, 4.69) is 26.0 Å². The minimum atomic E-state index is -0.428. The van der Waals surface area contributed by atoms with Crippen molar-refractivity contribution in [3.05, 3.63) is 86.3 Å². The van der Waals surface area contributed by atoms with E-state index in [4.69, 9.17) is 0 Å². The summed E-state index contributed by atoms with van der Waals surface area (Å²) in [7, 11) is 3.49. The van der Waals surface area contributed by atoms with Crippen LogP contribution in [0, 0.1) is 5.82 Å². The van der Waals surface area contributed by atoms with Gasteiger partial charge in [0.05, 0.1) is 20.6 Å². The summed E-state index contributed by atoms with van der Waals surface area (Å²) >= 11 is 0. The van der Waals surface area contributed by atoms with E-state index in [0.717, 1.165) is 22.5 Å². The van der Waals surface area contributed by atoms with E-state index in [9.17, 15) is 19.1 Å². The van der Waals surface area contributed by atoms with Crippen molar-refractivity contribution in [3.8, 4) is 11.4 Å². The predicted molar refractivity (Wildman–Crippen MR) is 129 cm³/mol. The second-order valence-electron chi connectivity index (χ2n) is 8.92. The number of imidazole rings is 1. The molecule has 34 heavy (non-hydrogen) atoms. The highest BCUT2D eigenvalue weighted by Gasteiger charge is 2.30. The van der Waals surface area contributed by atoms with Crippen molar-refractivity contribution < 1.29 is 14.1 Å². The van der Waals surface area contributed by atoms with Crippen LogP contribution in [0.2, 0.25) is 0 Å². The highest BCUT2D eigenvalue weighted by molar-refractivity contribution is 5.72. The molecule has 2 aromatic heterocycles. The summed E-state index contributed by atoms with van der Waals surface area (Å²) in [6.07, 6.45) is 0.300. The average Bonchev–Trinajstić information content (AvgIpc) is 3.11. The lowest BCUT2D eigenvalue weighted by Crippen LogP contribution is -2.43. The Balaban J connectivity index is 2.08. The fourth-order valence-corrected chi connectivity index (χ4v) is 4.49. The highest BCUT2D eigenvalue weighted by atomic mass is 19.1. The van der Waals surface area contributed by atoms with Crippen LogP contribution in [0.15, 0.2) is 58.1 Å². The molecule has 0 radical (unpaired) electrons. The van der Waals surface area contributed by atoms with E-state index in [0.29, 0.717) is 30.0 Å². The zero-order chi connectivity index (χ0) is 24.6. The molecule has 2 aromatic carbocycles. The lowest BCUT2D eigenvalue weighted by molar-refractivity contribution is -0.637. The first-order valence-corrected chi connectivity index (χ1v) is 11.4. The molecule has 4 rings (SSSR count). The van der Waals surface area contributed by atoms with Gasteiger partial charge in [0.25, 0.3) is 5.65 Å². The van der Waals surface area contributed by atoms with Crippen molar-refractivity contribution >= 4 is 11.2 Å². The molecule has 4 aromatic rings. The molecule has 0 fully saturated rings.